The van der Waals surface area contributed by atoms with E-state index >= 15 is 0 Å². The highest BCUT2D eigenvalue weighted by atomic mass is 32.2. The molecule has 0 N–H and O–H groups in total. The molecular weight excluding hydrogens is 310 g/mol. The van der Waals surface area contributed by atoms with Crippen molar-refractivity contribution in [3.05, 3.63) is 65.4 Å². The smallest absolute Gasteiger partial charge is 0.363 e. The van der Waals surface area contributed by atoms with E-state index in [2.05, 4.69) is 4.99 Å². The van der Waals surface area contributed by atoms with E-state index in [4.69, 9.17) is 9.47 Å². The predicted octanol–water partition coefficient (Wildman–Crippen LogP) is 3.76. The van der Waals surface area contributed by atoms with Gasteiger partial charge in [-0.25, -0.2) is 9.79 Å². The van der Waals surface area contributed by atoms with Crippen LogP contribution in [0.4, 0.5) is 0 Å². The van der Waals surface area contributed by atoms with Crippen molar-refractivity contribution in [1.29, 1.82) is 0 Å². The average molecular weight is 325 g/mol. The van der Waals surface area contributed by atoms with Gasteiger partial charge in [-0.05, 0) is 54.3 Å². The Morgan fingerprint density at radius 1 is 1.09 bits per heavy atom. The van der Waals surface area contributed by atoms with Crippen LogP contribution in [0.3, 0.4) is 0 Å². The minimum Gasteiger partial charge on any atom is -0.497 e. The van der Waals surface area contributed by atoms with E-state index in [0.717, 1.165) is 16.9 Å². The van der Waals surface area contributed by atoms with E-state index in [1.54, 1.807) is 49.2 Å². The molecule has 0 unspecified atom stereocenters. The van der Waals surface area contributed by atoms with Gasteiger partial charge in [0, 0.05) is 10.5 Å². The summed E-state index contributed by atoms with van der Waals surface area (Å²) >= 11 is 1.67. The number of nitrogens with zero attached hydrogens (tertiary/aromatic N) is 1. The molecule has 0 atom stereocenters. The number of thioether (sulfide) groups is 1. The zero-order valence-corrected chi connectivity index (χ0v) is 13.6. The number of aliphatic imine (C=N–C) groups is 1. The van der Waals surface area contributed by atoms with E-state index in [0.29, 0.717) is 11.6 Å². The molecule has 0 spiro atoms. The molecule has 0 radical (unpaired) electrons. The molecule has 0 saturated heterocycles. The highest BCUT2D eigenvalue weighted by molar-refractivity contribution is 7.98. The fourth-order valence-electron chi connectivity index (χ4n) is 2.12. The van der Waals surface area contributed by atoms with Gasteiger partial charge in [0.2, 0.25) is 5.90 Å². The lowest BCUT2D eigenvalue weighted by Crippen LogP contribution is -2.05. The Morgan fingerprint density at radius 3 is 2.39 bits per heavy atom. The monoisotopic (exact) mass is 325 g/mol. The van der Waals surface area contributed by atoms with E-state index in [1.165, 1.54) is 4.90 Å². The number of hydrogen-bond donors (Lipinski definition) is 0. The Bertz CT molecular complexity index is 777. The lowest BCUT2D eigenvalue weighted by atomic mass is 10.2. The normalized spacial score (nSPS) is 15.5. The molecule has 1 aliphatic rings. The average Bonchev–Trinajstić information content (AvgIpc) is 2.96. The van der Waals surface area contributed by atoms with E-state index < -0.39 is 5.97 Å². The zero-order valence-electron chi connectivity index (χ0n) is 12.8. The van der Waals surface area contributed by atoms with Crippen LogP contribution in [0.15, 0.2) is 64.1 Å². The molecule has 3 rings (SSSR count). The van der Waals surface area contributed by atoms with Gasteiger partial charge in [-0.15, -0.1) is 11.8 Å². The number of ether oxygens (including phenoxy) is 2. The lowest BCUT2D eigenvalue weighted by molar-refractivity contribution is -0.129. The van der Waals surface area contributed by atoms with Gasteiger partial charge in [-0.2, -0.15) is 0 Å². The van der Waals surface area contributed by atoms with Gasteiger partial charge in [0.1, 0.15) is 5.75 Å². The van der Waals surface area contributed by atoms with Crippen LogP contribution in [0.5, 0.6) is 5.75 Å². The summed E-state index contributed by atoms with van der Waals surface area (Å²) in [7, 11) is 1.60. The first-order chi connectivity index (χ1) is 11.2. The van der Waals surface area contributed by atoms with Crippen LogP contribution in [-0.2, 0) is 9.53 Å². The first kappa shape index (κ1) is 15.4. The maximum atomic E-state index is 12.0. The summed E-state index contributed by atoms with van der Waals surface area (Å²) in [6.07, 6.45) is 3.75. The molecule has 116 valence electrons. The molecule has 4 nitrogen and oxygen atoms in total. The number of rotatable bonds is 4. The largest absolute Gasteiger partial charge is 0.497 e. The summed E-state index contributed by atoms with van der Waals surface area (Å²) in [5, 5.41) is 0. The van der Waals surface area contributed by atoms with Crippen LogP contribution in [0.1, 0.15) is 11.1 Å². The number of benzene rings is 2. The second-order valence-electron chi connectivity index (χ2n) is 4.84. The van der Waals surface area contributed by atoms with Crippen molar-refractivity contribution < 1.29 is 14.3 Å². The van der Waals surface area contributed by atoms with E-state index in [-0.39, 0.29) is 0 Å². The SMILES string of the molecule is COc1ccc(C2=N/C(=C\c3ccc(SC)cc3)C(=O)O2)cc1. The number of esters is 1. The van der Waals surface area contributed by atoms with Crippen LogP contribution < -0.4 is 4.74 Å². The molecule has 1 aliphatic heterocycles. The minimum atomic E-state index is -0.440. The fourth-order valence-corrected chi connectivity index (χ4v) is 2.53. The Labute approximate surface area is 138 Å². The molecule has 23 heavy (non-hydrogen) atoms. The van der Waals surface area contributed by atoms with Crippen LogP contribution in [0.25, 0.3) is 6.08 Å². The van der Waals surface area contributed by atoms with Gasteiger partial charge >= 0.3 is 5.97 Å². The summed E-state index contributed by atoms with van der Waals surface area (Å²) in [5.74, 6) is 0.609. The molecule has 2 aromatic carbocycles. The van der Waals surface area contributed by atoms with Crippen LogP contribution >= 0.6 is 11.8 Å². The molecule has 2 aromatic rings. The second-order valence-corrected chi connectivity index (χ2v) is 5.72. The first-order valence-corrected chi connectivity index (χ1v) is 8.23. The van der Waals surface area contributed by atoms with Crippen molar-refractivity contribution >= 4 is 29.7 Å². The summed E-state index contributed by atoms with van der Waals surface area (Å²) in [6, 6.07) is 15.1. The Hall–Kier alpha value is -2.53. The third-order valence-electron chi connectivity index (χ3n) is 3.38. The van der Waals surface area contributed by atoms with E-state index in [1.807, 2.05) is 30.5 Å². The van der Waals surface area contributed by atoms with Gasteiger partial charge in [0.25, 0.3) is 0 Å². The third kappa shape index (κ3) is 3.46. The second kappa shape index (κ2) is 6.71. The van der Waals surface area contributed by atoms with Crippen molar-refractivity contribution in [2.24, 2.45) is 4.99 Å². The zero-order chi connectivity index (χ0) is 16.2. The Kier molecular flexibility index (Phi) is 4.48. The number of methoxy groups -OCH3 is 1. The van der Waals surface area contributed by atoms with Crippen molar-refractivity contribution in [2.45, 2.75) is 4.90 Å². The van der Waals surface area contributed by atoms with Crippen molar-refractivity contribution in [2.75, 3.05) is 13.4 Å². The molecule has 0 bridgehead atoms. The lowest BCUT2D eigenvalue weighted by Gasteiger charge is -2.01. The predicted molar refractivity (Wildman–Crippen MR) is 91.8 cm³/mol. The van der Waals surface area contributed by atoms with Gasteiger partial charge in [-0.3, -0.25) is 0 Å². The quantitative estimate of drug-likeness (QED) is 0.488. The maximum absolute atomic E-state index is 12.0. The number of hydrogen-bond acceptors (Lipinski definition) is 5. The summed E-state index contributed by atoms with van der Waals surface area (Å²) in [5.41, 5.74) is 1.95. The van der Waals surface area contributed by atoms with Crippen LogP contribution in [0.2, 0.25) is 0 Å². The molecular formula is C18H15NO3S. The molecule has 5 heteroatoms. The maximum Gasteiger partial charge on any atom is 0.363 e. The van der Waals surface area contributed by atoms with Gasteiger partial charge < -0.3 is 9.47 Å². The number of carbonyl (C=O) groups is 1. The first-order valence-electron chi connectivity index (χ1n) is 7.00. The van der Waals surface area contributed by atoms with Gasteiger partial charge in [-0.1, -0.05) is 12.1 Å². The van der Waals surface area contributed by atoms with Crippen molar-refractivity contribution in [1.82, 2.24) is 0 Å². The summed E-state index contributed by atoms with van der Waals surface area (Å²) in [4.78, 5) is 17.4. The summed E-state index contributed by atoms with van der Waals surface area (Å²) in [6.45, 7) is 0. The van der Waals surface area contributed by atoms with Crippen LogP contribution in [-0.4, -0.2) is 25.2 Å². The molecule has 0 saturated carbocycles. The van der Waals surface area contributed by atoms with Crippen molar-refractivity contribution in [3.8, 4) is 5.75 Å². The van der Waals surface area contributed by atoms with E-state index in [9.17, 15) is 4.79 Å². The molecule has 1 heterocycles. The minimum absolute atomic E-state index is 0.299. The van der Waals surface area contributed by atoms with Crippen LogP contribution in [0, 0.1) is 0 Å². The topological polar surface area (TPSA) is 47.9 Å². The Morgan fingerprint density at radius 2 is 1.78 bits per heavy atom. The molecule has 0 amide bonds. The summed E-state index contributed by atoms with van der Waals surface area (Å²) < 4.78 is 10.4. The van der Waals surface area contributed by atoms with Gasteiger partial charge in [0.05, 0.1) is 7.11 Å². The number of carbonyl (C=O) groups excluding carboxylic acids is 1. The molecule has 0 aliphatic carbocycles. The third-order valence-corrected chi connectivity index (χ3v) is 4.12. The fraction of sp³-hybridized carbons (Fsp3) is 0.111. The Balaban J connectivity index is 1.86. The molecule has 0 aromatic heterocycles. The highest BCUT2D eigenvalue weighted by Crippen LogP contribution is 2.22. The standard InChI is InChI=1S/C18H15NO3S/c1-21-14-7-5-13(6-8-14)17-19-16(18(20)22-17)11-12-3-9-15(23-2)10-4-12/h3-11H,1-2H3/b16-11-. The van der Waals surface area contributed by atoms with Gasteiger partial charge in [0.15, 0.2) is 5.70 Å². The highest BCUT2D eigenvalue weighted by Gasteiger charge is 2.24. The molecule has 0 fully saturated rings. The number of cyclic esters (lactones) is 1. The van der Waals surface area contributed by atoms with Crippen molar-refractivity contribution in [3.63, 3.8) is 0 Å².